The van der Waals surface area contributed by atoms with Crippen LogP contribution in [0.4, 0.5) is 0 Å². The number of rotatable bonds is 3. The Morgan fingerprint density at radius 3 is 3.00 bits per heavy atom. The molecule has 76 valence electrons. The summed E-state index contributed by atoms with van der Waals surface area (Å²) in [6, 6.07) is 1.62. The predicted octanol–water partition coefficient (Wildman–Crippen LogP) is 2.20. The van der Waals surface area contributed by atoms with Crippen molar-refractivity contribution in [2.24, 2.45) is 0 Å². The van der Waals surface area contributed by atoms with Crippen LogP contribution in [-0.2, 0) is 0 Å². The Morgan fingerprint density at radius 1 is 1.71 bits per heavy atom. The Labute approximate surface area is 96.2 Å². The van der Waals surface area contributed by atoms with Crippen LogP contribution in [-0.4, -0.2) is 34.7 Å². The Balaban J connectivity index is 2.84. The molecule has 0 aliphatic rings. The topological polar surface area (TPSA) is 33.2 Å². The highest BCUT2D eigenvalue weighted by Crippen LogP contribution is 2.14. The second kappa shape index (κ2) is 5.32. The van der Waals surface area contributed by atoms with E-state index in [0.29, 0.717) is 17.1 Å². The molecular weight excluding hydrogens is 267 g/mol. The van der Waals surface area contributed by atoms with Crippen LogP contribution in [0, 0.1) is 0 Å². The molecule has 5 heteroatoms. The van der Waals surface area contributed by atoms with Gasteiger partial charge in [0.05, 0.1) is 10.6 Å². The van der Waals surface area contributed by atoms with E-state index >= 15 is 0 Å². The number of halogens is 2. The fraction of sp³-hybridized carbons (Fsp3) is 0.333. The number of hydrogen-bond acceptors (Lipinski definition) is 2. The number of aromatic nitrogens is 1. The van der Waals surface area contributed by atoms with Gasteiger partial charge in [-0.05, 0) is 6.07 Å². The molecule has 1 aromatic rings. The molecule has 0 fully saturated rings. The maximum Gasteiger partial charge on any atom is 0.255 e. The minimum Gasteiger partial charge on any atom is -0.341 e. The molecule has 1 aromatic heterocycles. The van der Waals surface area contributed by atoms with Gasteiger partial charge in [-0.1, -0.05) is 27.5 Å². The van der Waals surface area contributed by atoms with E-state index in [9.17, 15) is 4.79 Å². The number of amides is 1. The van der Waals surface area contributed by atoms with Crippen LogP contribution in [0.1, 0.15) is 10.4 Å². The van der Waals surface area contributed by atoms with Crippen molar-refractivity contribution in [3.05, 3.63) is 29.0 Å². The van der Waals surface area contributed by atoms with Crippen molar-refractivity contribution in [1.29, 1.82) is 0 Å². The van der Waals surface area contributed by atoms with Crippen LogP contribution < -0.4 is 0 Å². The van der Waals surface area contributed by atoms with Gasteiger partial charge >= 0.3 is 0 Å². The normalized spacial score (nSPS) is 9.93. The lowest BCUT2D eigenvalue weighted by atomic mass is 10.2. The van der Waals surface area contributed by atoms with Crippen LogP contribution in [0.3, 0.4) is 0 Å². The lowest BCUT2D eigenvalue weighted by Crippen LogP contribution is -2.28. The van der Waals surface area contributed by atoms with E-state index in [2.05, 4.69) is 20.9 Å². The van der Waals surface area contributed by atoms with Gasteiger partial charge in [-0.25, -0.2) is 0 Å². The molecule has 0 aromatic carbocycles. The summed E-state index contributed by atoms with van der Waals surface area (Å²) in [4.78, 5) is 17.2. The van der Waals surface area contributed by atoms with E-state index < -0.39 is 0 Å². The molecule has 0 spiro atoms. The number of carbonyl (C=O) groups excluding carboxylic acids is 1. The summed E-state index contributed by atoms with van der Waals surface area (Å²) >= 11 is 9.11. The van der Waals surface area contributed by atoms with E-state index in [1.54, 1.807) is 24.2 Å². The van der Waals surface area contributed by atoms with Gasteiger partial charge in [0.15, 0.2) is 0 Å². The average molecular weight is 278 g/mol. The van der Waals surface area contributed by atoms with Crippen LogP contribution >= 0.6 is 27.5 Å². The number of hydrogen-bond donors (Lipinski definition) is 0. The minimum absolute atomic E-state index is 0.0862. The summed E-state index contributed by atoms with van der Waals surface area (Å²) in [5.74, 6) is -0.0862. The van der Waals surface area contributed by atoms with E-state index in [1.165, 1.54) is 6.20 Å². The zero-order valence-electron chi connectivity index (χ0n) is 7.70. The molecule has 0 N–H and O–H groups in total. The van der Waals surface area contributed by atoms with Crippen molar-refractivity contribution in [2.75, 3.05) is 18.9 Å². The summed E-state index contributed by atoms with van der Waals surface area (Å²) < 4.78 is 0. The van der Waals surface area contributed by atoms with Crippen molar-refractivity contribution < 1.29 is 4.79 Å². The molecular formula is C9H10BrClN2O. The molecule has 0 saturated heterocycles. The number of nitrogens with zero attached hydrogens (tertiary/aromatic N) is 2. The monoisotopic (exact) mass is 276 g/mol. The van der Waals surface area contributed by atoms with E-state index in [0.717, 1.165) is 5.33 Å². The first-order valence-corrected chi connectivity index (χ1v) is 5.57. The Bertz CT molecular complexity index is 332. The van der Waals surface area contributed by atoms with E-state index in [4.69, 9.17) is 11.6 Å². The van der Waals surface area contributed by atoms with Gasteiger partial charge in [0.2, 0.25) is 0 Å². The second-order valence-electron chi connectivity index (χ2n) is 2.77. The molecule has 0 atom stereocenters. The molecule has 14 heavy (non-hydrogen) atoms. The molecule has 0 unspecified atom stereocenters. The minimum atomic E-state index is -0.0862. The second-order valence-corrected chi connectivity index (χ2v) is 3.97. The average Bonchev–Trinajstić information content (AvgIpc) is 2.18. The summed E-state index contributed by atoms with van der Waals surface area (Å²) in [6.45, 7) is 0.650. The molecule has 3 nitrogen and oxygen atoms in total. The fourth-order valence-corrected chi connectivity index (χ4v) is 1.71. The van der Waals surface area contributed by atoms with Gasteiger partial charge in [-0.3, -0.25) is 9.78 Å². The molecule has 0 saturated carbocycles. The van der Waals surface area contributed by atoms with Gasteiger partial charge < -0.3 is 4.90 Å². The molecule has 1 rings (SSSR count). The third-order valence-electron chi connectivity index (χ3n) is 1.77. The van der Waals surface area contributed by atoms with E-state index in [1.807, 2.05) is 0 Å². The third kappa shape index (κ3) is 2.69. The lowest BCUT2D eigenvalue weighted by Gasteiger charge is -2.15. The highest BCUT2D eigenvalue weighted by molar-refractivity contribution is 9.09. The standard InChI is InChI=1S/C9H10BrClN2O/c1-13(5-3-10)9(14)7-2-4-12-6-8(7)11/h2,4,6H,3,5H2,1H3. The Kier molecular flexibility index (Phi) is 4.35. The molecule has 0 aliphatic carbocycles. The van der Waals surface area contributed by atoms with Gasteiger partial charge in [-0.2, -0.15) is 0 Å². The lowest BCUT2D eigenvalue weighted by molar-refractivity contribution is 0.0804. The zero-order valence-corrected chi connectivity index (χ0v) is 10.0. The quantitative estimate of drug-likeness (QED) is 0.794. The first-order chi connectivity index (χ1) is 6.66. The third-order valence-corrected chi connectivity index (χ3v) is 2.43. The molecule has 0 bridgehead atoms. The summed E-state index contributed by atoms with van der Waals surface area (Å²) in [5, 5.41) is 1.14. The molecule has 1 heterocycles. The summed E-state index contributed by atoms with van der Waals surface area (Å²) in [7, 11) is 1.74. The van der Waals surface area contributed by atoms with Crippen molar-refractivity contribution in [3.8, 4) is 0 Å². The zero-order chi connectivity index (χ0) is 10.6. The first kappa shape index (κ1) is 11.5. The van der Waals surface area contributed by atoms with Crippen LogP contribution in [0.25, 0.3) is 0 Å². The molecule has 0 radical (unpaired) electrons. The number of carbonyl (C=O) groups is 1. The van der Waals surface area contributed by atoms with Crippen molar-refractivity contribution in [3.63, 3.8) is 0 Å². The number of pyridine rings is 1. The van der Waals surface area contributed by atoms with Gasteiger partial charge in [0.1, 0.15) is 0 Å². The Hall–Kier alpha value is -0.610. The Morgan fingerprint density at radius 2 is 2.43 bits per heavy atom. The fourth-order valence-electron chi connectivity index (χ4n) is 0.983. The van der Waals surface area contributed by atoms with Crippen molar-refractivity contribution in [2.45, 2.75) is 0 Å². The van der Waals surface area contributed by atoms with Crippen LogP contribution in [0.2, 0.25) is 5.02 Å². The molecule has 1 amide bonds. The molecule has 0 aliphatic heterocycles. The SMILES string of the molecule is CN(CCBr)C(=O)c1ccncc1Cl. The van der Waals surface area contributed by atoms with Crippen LogP contribution in [0.15, 0.2) is 18.5 Å². The van der Waals surface area contributed by atoms with Crippen molar-refractivity contribution >= 4 is 33.4 Å². The first-order valence-electron chi connectivity index (χ1n) is 4.07. The summed E-state index contributed by atoms with van der Waals surface area (Å²) in [6.07, 6.45) is 3.03. The van der Waals surface area contributed by atoms with Gasteiger partial charge in [0.25, 0.3) is 5.91 Å². The van der Waals surface area contributed by atoms with Gasteiger partial charge in [0, 0.05) is 31.3 Å². The maximum atomic E-state index is 11.7. The smallest absolute Gasteiger partial charge is 0.255 e. The highest BCUT2D eigenvalue weighted by Gasteiger charge is 2.13. The van der Waals surface area contributed by atoms with Crippen molar-refractivity contribution in [1.82, 2.24) is 9.88 Å². The van der Waals surface area contributed by atoms with Crippen LogP contribution in [0.5, 0.6) is 0 Å². The maximum absolute atomic E-state index is 11.7. The number of alkyl halides is 1. The summed E-state index contributed by atoms with van der Waals surface area (Å²) in [5.41, 5.74) is 0.491. The van der Waals surface area contributed by atoms with Gasteiger partial charge in [-0.15, -0.1) is 0 Å². The van der Waals surface area contributed by atoms with E-state index in [-0.39, 0.29) is 5.91 Å². The largest absolute Gasteiger partial charge is 0.341 e. The predicted molar refractivity (Wildman–Crippen MR) is 60.0 cm³/mol. The highest BCUT2D eigenvalue weighted by atomic mass is 79.9.